The minimum atomic E-state index is -3.78. The number of hydrogen-bond donors (Lipinski definition) is 2. The molecule has 148 valence electrons. The zero-order valence-electron chi connectivity index (χ0n) is 15.2. The quantitative estimate of drug-likeness (QED) is 0.564. The SMILES string of the molecule is C#CCNS(=O)(=O)c1cccc(C(=O)NCc2ccc(-c3ccc(Cl)cc3)o2)c1. The van der Waals surface area contributed by atoms with E-state index in [1.165, 1.54) is 24.3 Å². The van der Waals surface area contributed by atoms with Crippen molar-refractivity contribution in [2.24, 2.45) is 0 Å². The summed E-state index contributed by atoms with van der Waals surface area (Å²) in [5.74, 6) is 2.98. The molecular weight excluding hydrogens is 412 g/mol. The Kier molecular flexibility index (Phi) is 6.39. The van der Waals surface area contributed by atoms with E-state index in [9.17, 15) is 13.2 Å². The number of hydrogen-bond acceptors (Lipinski definition) is 4. The molecule has 1 aromatic heterocycles. The maximum atomic E-state index is 12.4. The molecule has 0 fully saturated rings. The van der Waals surface area contributed by atoms with Crippen LogP contribution < -0.4 is 10.0 Å². The Morgan fingerprint density at radius 1 is 1.10 bits per heavy atom. The second kappa shape index (κ2) is 8.97. The molecule has 2 aromatic carbocycles. The maximum absolute atomic E-state index is 12.4. The fourth-order valence-corrected chi connectivity index (χ4v) is 3.64. The van der Waals surface area contributed by atoms with Gasteiger partial charge in [0.1, 0.15) is 11.5 Å². The normalized spacial score (nSPS) is 11.0. The first-order valence-corrected chi connectivity index (χ1v) is 10.4. The minimum Gasteiger partial charge on any atom is -0.459 e. The number of nitrogens with one attached hydrogen (secondary N) is 2. The lowest BCUT2D eigenvalue weighted by atomic mass is 10.2. The molecule has 3 rings (SSSR count). The number of amides is 1. The maximum Gasteiger partial charge on any atom is 0.251 e. The monoisotopic (exact) mass is 428 g/mol. The van der Waals surface area contributed by atoms with Gasteiger partial charge in [0.25, 0.3) is 5.91 Å². The van der Waals surface area contributed by atoms with Gasteiger partial charge in [0, 0.05) is 16.1 Å². The van der Waals surface area contributed by atoms with Crippen molar-refractivity contribution in [1.82, 2.24) is 10.0 Å². The van der Waals surface area contributed by atoms with E-state index in [0.717, 1.165) is 5.56 Å². The van der Waals surface area contributed by atoms with Gasteiger partial charge in [-0.3, -0.25) is 4.79 Å². The summed E-state index contributed by atoms with van der Waals surface area (Å²) >= 11 is 5.88. The summed E-state index contributed by atoms with van der Waals surface area (Å²) in [6.07, 6.45) is 5.08. The van der Waals surface area contributed by atoms with Crippen LogP contribution in [0.4, 0.5) is 0 Å². The van der Waals surface area contributed by atoms with Gasteiger partial charge in [0.15, 0.2) is 0 Å². The summed E-state index contributed by atoms with van der Waals surface area (Å²) in [6.45, 7) is 0.0198. The molecule has 0 aliphatic carbocycles. The van der Waals surface area contributed by atoms with Crippen molar-refractivity contribution in [1.29, 1.82) is 0 Å². The predicted molar refractivity (Wildman–Crippen MR) is 111 cm³/mol. The number of sulfonamides is 1. The molecule has 29 heavy (non-hydrogen) atoms. The number of rotatable bonds is 7. The topological polar surface area (TPSA) is 88.4 Å². The number of benzene rings is 2. The van der Waals surface area contributed by atoms with Crippen molar-refractivity contribution in [2.75, 3.05) is 6.54 Å². The Balaban J connectivity index is 1.66. The standard InChI is InChI=1S/C21H17ClN2O4S/c1-2-12-24-29(26,27)19-5-3-4-16(13-19)21(25)23-14-18-10-11-20(28-18)15-6-8-17(22)9-7-15/h1,3-11,13,24H,12,14H2,(H,23,25). The highest BCUT2D eigenvalue weighted by atomic mass is 35.5. The molecule has 0 aliphatic rings. The molecule has 0 unspecified atom stereocenters. The summed E-state index contributed by atoms with van der Waals surface area (Å²) in [4.78, 5) is 12.4. The van der Waals surface area contributed by atoms with Crippen LogP contribution in [-0.4, -0.2) is 20.9 Å². The molecule has 1 heterocycles. The summed E-state index contributed by atoms with van der Waals surface area (Å²) in [5, 5.41) is 3.34. The molecule has 2 N–H and O–H groups in total. The summed E-state index contributed by atoms with van der Waals surface area (Å²) in [5.41, 5.74) is 1.07. The third-order valence-electron chi connectivity index (χ3n) is 3.98. The zero-order chi connectivity index (χ0) is 20.9. The Labute approximate surface area is 173 Å². The highest BCUT2D eigenvalue weighted by Gasteiger charge is 2.16. The molecule has 0 atom stereocenters. The summed E-state index contributed by atoms with van der Waals surface area (Å²) < 4.78 is 32.3. The van der Waals surface area contributed by atoms with Gasteiger partial charge in [-0.05, 0) is 54.6 Å². The number of terminal acetylenes is 1. The molecule has 3 aromatic rings. The number of carbonyl (C=O) groups excluding carboxylic acids is 1. The zero-order valence-corrected chi connectivity index (χ0v) is 16.8. The molecule has 0 bridgehead atoms. The van der Waals surface area contributed by atoms with E-state index >= 15 is 0 Å². The smallest absolute Gasteiger partial charge is 0.251 e. The van der Waals surface area contributed by atoms with Gasteiger partial charge in [-0.25, -0.2) is 8.42 Å². The minimum absolute atomic E-state index is 0.0385. The average molecular weight is 429 g/mol. The van der Waals surface area contributed by atoms with Gasteiger partial charge in [-0.1, -0.05) is 23.6 Å². The first-order valence-electron chi connectivity index (χ1n) is 8.55. The average Bonchev–Trinajstić information content (AvgIpc) is 3.20. The van der Waals surface area contributed by atoms with Gasteiger partial charge in [0.05, 0.1) is 18.0 Å². The first-order chi connectivity index (χ1) is 13.9. The Bertz CT molecular complexity index is 1160. The van der Waals surface area contributed by atoms with Gasteiger partial charge in [0.2, 0.25) is 10.0 Å². The van der Waals surface area contributed by atoms with E-state index < -0.39 is 15.9 Å². The lowest BCUT2D eigenvalue weighted by molar-refractivity contribution is 0.0948. The highest BCUT2D eigenvalue weighted by molar-refractivity contribution is 7.89. The van der Waals surface area contributed by atoms with Gasteiger partial charge in [-0.2, -0.15) is 4.72 Å². The van der Waals surface area contributed by atoms with Gasteiger partial charge >= 0.3 is 0 Å². The van der Waals surface area contributed by atoms with E-state index in [4.69, 9.17) is 22.4 Å². The van der Waals surface area contributed by atoms with Crippen molar-refractivity contribution in [3.8, 4) is 23.7 Å². The number of carbonyl (C=O) groups is 1. The molecular formula is C21H17ClN2O4S. The van der Waals surface area contributed by atoms with Crippen LogP contribution in [0, 0.1) is 12.3 Å². The molecule has 0 saturated heterocycles. The number of halogens is 1. The molecule has 8 heteroatoms. The van der Waals surface area contributed by atoms with Crippen LogP contribution in [-0.2, 0) is 16.6 Å². The van der Waals surface area contributed by atoms with E-state index in [0.29, 0.717) is 16.5 Å². The van der Waals surface area contributed by atoms with Crippen LogP contribution in [0.25, 0.3) is 11.3 Å². The third-order valence-corrected chi connectivity index (χ3v) is 5.64. The van der Waals surface area contributed by atoms with Crippen molar-refractivity contribution in [3.05, 3.63) is 77.0 Å². The van der Waals surface area contributed by atoms with E-state index in [1.807, 2.05) is 12.1 Å². The molecule has 0 radical (unpaired) electrons. The van der Waals surface area contributed by atoms with Crippen LogP contribution in [0.15, 0.2) is 70.0 Å². The Morgan fingerprint density at radius 3 is 2.59 bits per heavy atom. The Hall–Kier alpha value is -3.05. The van der Waals surface area contributed by atoms with Crippen molar-refractivity contribution in [2.45, 2.75) is 11.4 Å². The summed E-state index contributed by atoms with van der Waals surface area (Å²) in [7, 11) is -3.78. The van der Waals surface area contributed by atoms with E-state index in [1.54, 1.807) is 24.3 Å². The summed E-state index contributed by atoms with van der Waals surface area (Å²) in [6, 6.07) is 16.5. The van der Waals surface area contributed by atoms with Gasteiger partial charge < -0.3 is 9.73 Å². The molecule has 0 aliphatic heterocycles. The molecule has 0 spiro atoms. The van der Waals surface area contributed by atoms with Crippen LogP contribution in [0.5, 0.6) is 0 Å². The Morgan fingerprint density at radius 2 is 1.86 bits per heavy atom. The second-order valence-corrected chi connectivity index (χ2v) is 8.22. The highest BCUT2D eigenvalue weighted by Crippen LogP contribution is 2.23. The van der Waals surface area contributed by atoms with Gasteiger partial charge in [-0.15, -0.1) is 6.42 Å². The van der Waals surface area contributed by atoms with Crippen LogP contribution in [0.1, 0.15) is 16.1 Å². The van der Waals surface area contributed by atoms with Crippen LogP contribution in [0.3, 0.4) is 0 Å². The largest absolute Gasteiger partial charge is 0.459 e. The number of furan rings is 1. The predicted octanol–water partition coefficient (Wildman–Crippen LogP) is 3.44. The van der Waals surface area contributed by atoms with E-state index in [-0.39, 0.29) is 23.5 Å². The third kappa shape index (κ3) is 5.27. The first kappa shape index (κ1) is 20.7. The molecule has 1 amide bonds. The van der Waals surface area contributed by atoms with Crippen molar-refractivity contribution < 1.29 is 17.6 Å². The van der Waals surface area contributed by atoms with E-state index in [2.05, 4.69) is 16.0 Å². The van der Waals surface area contributed by atoms with Crippen molar-refractivity contribution >= 4 is 27.5 Å². The molecule has 0 saturated carbocycles. The lowest BCUT2D eigenvalue weighted by Crippen LogP contribution is -2.25. The van der Waals surface area contributed by atoms with Crippen LogP contribution in [0.2, 0.25) is 5.02 Å². The van der Waals surface area contributed by atoms with Crippen LogP contribution >= 0.6 is 11.6 Å². The molecule has 6 nitrogen and oxygen atoms in total. The fraction of sp³-hybridized carbons (Fsp3) is 0.0952. The van der Waals surface area contributed by atoms with Crippen molar-refractivity contribution in [3.63, 3.8) is 0 Å². The lowest BCUT2D eigenvalue weighted by Gasteiger charge is -2.07. The fourth-order valence-electron chi connectivity index (χ4n) is 2.54. The second-order valence-electron chi connectivity index (χ2n) is 6.01.